The largest absolute Gasteiger partial charge is 0.496 e. The summed E-state index contributed by atoms with van der Waals surface area (Å²) in [6, 6.07) is 8.67. The van der Waals surface area contributed by atoms with Gasteiger partial charge in [0, 0.05) is 31.8 Å². The number of carbonyl (C=O) groups is 2. The molecule has 0 aliphatic carbocycles. The third-order valence-electron chi connectivity index (χ3n) is 3.80. The van der Waals surface area contributed by atoms with Gasteiger partial charge in [0.05, 0.1) is 22.5 Å². The maximum Gasteiger partial charge on any atom is 0.273 e. The Morgan fingerprint density at radius 1 is 1.07 bits per heavy atom. The minimum absolute atomic E-state index is 0.0146. The van der Waals surface area contributed by atoms with E-state index in [0.717, 1.165) is 16.4 Å². The van der Waals surface area contributed by atoms with E-state index in [9.17, 15) is 28.1 Å². The van der Waals surface area contributed by atoms with Crippen molar-refractivity contribution in [2.75, 3.05) is 21.2 Å². The van der Waals surface area contributed by atoms with E-state index >= 15 is 0 Å². The summed E-state index contributed by atoms with van der Waals surface area (Å²) in [4.78, 5) is 34.7. The number of methoxy groups -OCH3 is 1. The lowest BCUT2D eigenvalue weighted by Crippen LogP contribution is -2.41. The van der Waals surface area contributed by atoms with E-state index in [-0.39, 0.29) is 27.5 Å². The molecule has 2 aromatic rings. The molecule has 2 amide bonds. The zero-order valence-corrected chi connectivity index (χ0v) is 16.5. The lowest BCUT2D eigenvalue weighted by molar-refractivity contribution is -0.384. The van der Waals surface area contributed by atoms with Crippen molar-refractivity contribution in [3.8, 4) is 5.75 Å². The van der Waals surface area contributed by atoms with Gasteiger partial charge in [0.2, 0.25) is 10.0 Å². The summed E-state index contributed by atoms with van der Waals surface area (Å²) < 4.78 is 30.3. The first-order valence-corrected chi connectivity index (χ1v) is 9.47. The number of hydrogen-bond donors (Lipinski definition) is 2. The Balaban J connectivity index is 2.19. The molecule has 0 aromatic heterocycles. The number of rotatable bonds is 6. The second-order valence-electron chi connectivity index (χ2n) is 5.87. The van der Waals surface area contributed by atoms with E-state index < -0.39 is 26.8 Å². The molecule has 2 aromatic carbocycles. The molecular weight excluding hydrogens is 404 g/mol. The number of sulfonamides is 1. The zero-order valence-electron chi connectivity index (χ0n) is 15.7. The third kappa shape index (κ3) is 4.86. The van der Waals surface area contributed by atoms with Crippen LogP contribution in [0.5, 0.6) is 5.75 Å². The first-order valence-electron chi connectivity index (χ1n) is 8.03. The molecule has 154 valence electrons. The number of nitrogens with zero attached hydrogens (tertiary/aromatic N) is 2. The Kier molecular flexibility index (Phi) is 6.51. The van der Waals surface area contributed by atoms with Crippen LogP contribution in [0.25, 0.3) is 0 Å². The van der Waals surface area contributed by atoms with E-state index in [4.69, 9.17) is 4.74 Å². The van der Waals surface area contributed by atoms with Crippen LogP contribution in [0.3, 0.4) is 0 Å². The normalized spacial score (nSPS) is 11.0. The summed E-state index contributed by atoms with van der Waals surface area (Å²) in [5, 5.41) is 10.9. The number of benzene rings is 2. The first kappa shape index (κ1) is 21.8. The molecule has 0 fully saturated rings. The van der Waals surface area contributed by atoms with Gasteiger partial charge in [0.15, 0.2) is 0 Å². The summed E-state index contributed by atoms with van der Waals surface area (Å²) in [5.41, 5.74) is 3.75. The lowest BCUT2D eigenvalue weighted by Gasteiger charge is -2.13. The molecule has 0 saturated heterocycles. The number of hydrazine groups is 1. The first-order chi connectivity index (χ1) is 13.6. The van der Waals surface area contributed by atoms with Crippen molar-refractivity contribution in [2.24, 2.45) is 0 Å². The molecular formula is C17H18N4O7S. The molecule has 0 saturated carbocycles. The molecule has 11 nitrogen and oxygen atoms in total. The van der Waals surface area contributed by atoms with Gasteiger partial charge in [-0.25, -0.2) is 12.7 Å². The van der Waals surface area contributed by atoms with Crippen molar-refractivity contribution in [1.82, 2.24) is 15.2 Å². The van der Waals surface area contributed by atoms with E-state index in [0.29, 0.717) is 0 Å². The summed E-state index contributed by atoms with van der Waals surface area (Å²) in [6.07, 6.45) is 0. The van der Waals surface area contributed by atoms with Crippen LogP contribution >= 0.6 is 0 Å². The molecule has 29 heavy (non-hydrogen) atoms. The highest BCUT2D eigenvalue weighted by molar-refractivity contribution is 7.89. The molecule has 0 bridgehead atoms. The van der Waals surface area contributed by atoms with Crippen LogP contribution in [-0.2, 0) is 10.0 Å². The Hall–Kier alpha value is -3.51. The fourth-order valence-electron chi connectivity index (χ4n) is 2.25. The van der Waals surface area contributed by atoms with Crippen LogP contribution in [0, 0.1) is 10.1 Å². The van der Waals surface area contributed by atoms with Gasteiger partial charge in [0.1, 0.15) is 5.75 Å². The predicted octanol–water partition coefficient (Wildman–Crippen LogP) is 0.928. The smallest absolute Gasteiger partial charge is 0.273 e. The van der Waals surface area contributed by atoms with Gasteiger partial charge in [-0.15, -0.1) is 0 Å². The highest BCUT2D eigenvalue weighted by Crippen LogP contribution is 2.23. The van der Waals surface area contributed by atoms with Gasteiger partial charge < -0.3 is 4.74 Å². The van der Waals surface area contributed by atoms with Crippen molar-refractivity contribution < 1.29 is 27.7 Å². The molecule has 0 heterocycles. The van der Waals surface area contributed by atoms with E-state index in [1.165, 1.54) is 51.5 Å². The van der Waals surface area contributed by atoms with Crippen LogP contribution in [0.15, 0.2) is 47.4 Å². The van der Waals surface area contributed by atoms with E-state index in [1.54, 1.807) is 0 Å². The Morgan fingerprint density at radius 3 is 2.31 bits per heavy atom. The van der Waals surface area contributed by atoms with Crippen LogP contribution < -0.4 is 15.6 Å². The average molecular weight is 422 g/mol. The summed E-state index contributed by atoms with van der Waals surface area (Å²) in [6.45, 7) is 0. The van der Waals surface area contributed by atoms with Crippen LogP contribution in [0.4, 0.5) is 5.69 Å². The number of ether oxygens (including phenoxy) is 1. The van der Waals surface area contributed by atoms with Crippen molar-refractivity contribution in [3.63, 3.8) is 0 Å². The number of nitrogens with one attached hydrogen (secondary N) is 2. The van der Waals surface area contributed by atoms with Gasteiger partial charge >= 0.3 is 0 Å². The highest BCUT2D eigenvalue weighted by Gasteiger charge is 2.20. The summed E-state index contributed by atoms with van der Waals surface area (Å²) >= 11 is 0. The van der Waals surface area contributed by atoms with Gasteiger partial charge in [-0.1, -0.05) is 6.07 Å². The summed E-state index contributed by atoms with van der Waals surface area (Å²) in [7, 11) is 0.253. The molecule has 0 atom stereocenters. The number of amides is 2. The van der Waals surface area contributed by atoms with Gasteiger partial charge in [-0.05, 0) is 24.3 Å². The van der Waals surface area contributed by atoms with Crippen molar-refractivity contribution in [3.05, 3.63) is 63.7 Å². The Bertz CT molecular complexity index is 1070. The fourth-order valence-corrected chi connectivity index (χ4v) is 3.20. The van der Waals surface area contributed by atoms with Crippen molar-refractivity contribution in [2.45, 2.75) is 4.90 Å². The maximum atomic E-state index is 12.3. The molecule has 12 heteroatoms. The minimum Gasteiger partial charge on any atom is -0.496 e. The topological polar surface area (TPSA) is 148 Å². The molecule has 0 aliphatic rings. The predicted molar refractivity (Wildman–Crippen MR) is 102 cm³/mol. The SMILES string of the molecule is COc1ccc([N+](=O)[O-])cc1C(=O)NNC(=O)c1cccc(S(=O)(=O)N(C)C)c1. The Labute approximate surface area is 166 Å². The van der Waals surface area contributed by atoms with E-state index in [1.807, 2.05) is 0 Å². The molecule has 2 N–H and O–H groups in total. The molecule has 0 unspecified atom stereocenters. The quantitative estimate of drug-likeness (QED) is 0.520. The van der Waals surface area contributed by atoms with Crippen LogP contribution in [0.2, 0.25) is 0 Å². The third-order valence-corrected chi connectivity index (χ3v) is 5.61. The molecule has 0 radical (unpaired) electrons. The van der Waals surface area contributed by atoms with Crippen molar-refractivity contribution >= 4 is 27.5 Å². The second-order valence-corrected chi connectivity index (χ2v) is 8.02. The lowest BCUT2D eigenvalue weighted by atomic mass is 10.1. The average Bonchev–Trinajstić information content (AvgIpc) is 2.71. The molecule has 0 spiro atoms. The molecule has 2 rings (SSSR count). The van der Waals surface area contributed by atoms with Gasteiger partial charge in [0.25, 0.3) is 17.5 Å². The van der Waals surface area contributed by atoms with Crippen LogP contribution in [-0.4, -0.2) is 50.7 Å². The molecule has 0 aliphatic heterocycles. The van der Waals surface area contributed by atoms with Gasteiger partial charge in [-0.3, -0.25) is 30.6 Å². The van der Waals surface area contributed by atoms with Crippen LogP contribution in [0.1, 0.15) is 20.7 Å². The number of nitro groups is 1. The van der Waals surface area contributed by atoms with Crippen molar-refractivity contribution in [1.29, 1.82) is 0 Å². The standard InChI is InChI=1S/C17H18N4O7S/c1-20(2)29(26,27)13-6-4-5-11(9-13)16(22)18-19-17(23)14-10-12(21(24)25)7-8-15(14)28-3/h4-10H,1-3H3,(H,18,22)(H,19,23). The zero-order chi connectivity index (χ0) is 21.8. The number of non-ortho nitro benzene ring substituents is 1. The number of nitro benzene ring substituents is 1. The van der Waals surface area contributed by atoms with Gasteiger partial charge in [-0.2, -0.15) is 0 Å². The second kappa shape index (κ2) is 8.67. The Morgan fingerprint density at radius 2 is 1.72 bits per heavy atom. The summed E-state index contributed by atoms with van der Waals surface area (Å²) in [5.74, 6) is -1.56. The van der Waals surface area contributed by atoms with E-state index in [2.05, 4.69) is 10.9 Å². The maximum absolute atomic E-state index is 12.3. The number of carbonyl (C=O) groups excluding carboxylic acids is 2. The fraction of sp³-hybridized carbons (Fsp3) is 0.176. The monoisotopic (exact) mass is 422 g/mol. The highest BCUT2D eigenvalue weighted by atomic mass is 32.2. The minimum atomic E-state index is -3.74. The number of hydrogen-bond acceptors (Lipinski definition) is 7.